The van der Waals surface area contributed by atoms with E-state index in [1.165, 1.54) is 32.1 Å². The number of likely N-dealkylation sites (N-methyl/N-ethyl adjacent to an activating group) is 1. The van der Waals surface area contributed by atoms with Gasteiger partial charge in [0, 0.05) is 38.7 Å². The molecule has 0 aromatic carbocycles. The highest BCUT2D eigenvalue weighted by Crippen LogP contribution is 2.40. The molecule has 1 N–H and O–H groups in total. The number of hydrogen-bond donors (Lipinski definition) is 1. The summed E-state index contributed by atoms with van der Waals surface area (Å²) in [5, 5.41) is 3.80. The van der Waals surface area contributed by atoms with Gasteiger partial charge in [-0.2, -0.15) is 0 Å². The zero-order valence-electron chi connectivity index (χ0n) is 14.3. The van der Waals surface area contributed by atoms with Gasteiger partial charge in [0.2, 0.25) is 0 Å². The van der Waals surface area contributed by atoms with Crippen LogP contribution in [-0.2, 0) is 9.47 Å². The van der Waals surface area contributed by atoms with Crippen LogP contribution in [0, 0.1) is 11.8 Å². The van der Waals surface area contributed by atoms with Gasteiger partial charge < -0.3 is 14.8 Å². The summed E-state index contributed by atoms with van der Waals surface area (Å²) in [6, 6.07) is 0.504. The lowest BCUT2D eigenvalue weighted by atomic mass is 9.71. The van der Waals surface area contributed by atoms with Gasteiger partial charge in [-0.1, -0.05) is 33.1 Å². The Morgan fingerprint density at radius 2 is 1.76 bits per heavy atom. The van der Waals surface area contributed by atoms with Gasteiger partial charge in [0.05, 0.1) is 5.60 Å². The van der Waals surface area contributed by atoms with Crippen LogP contribution in [0.15, 0.2) is 0 Å². The molecule has 0 aromatic rings. The van der Waals surface area contributed by atoms with Crippen LogP contribution in [0.4, 0.5) is 0 Å². The Morgan fingerprint density at radius 3 is 2.29 bits per heavy atom. The monoisotopic (exact) mass is 297 g/mol. The molecule has 124 valence electrons. The lowest BCUT2D eigenvalue weighted by Crippen LogP contribution is -2.59. The first-order chi connectivity index (χ1) is 10.3. The van der Waals surface area contributed by atoms with Gasteiger partial charge in [0.25, 0.3) is 0 Å². The zero-order chi connectivity index (χ0) is 15.1. The van der Waals surface area contributed by atoms with Crippen LogP contribution < -0.4 is 5.32 Å². The van der Waals surface area contributed by atoms with Crippen LogP contribution in [-0.4, -0.2) is 38.0 Å². The Balaban J connectivity index is 2.08. The van der Waals surface area contributed by atoms with Crippen LogP contribution in [0.25, 0.3) is 0 Å². The summed E-state index contributed by atoms with van der Waals surface area (Å²) >= 11 is 0. The van der Waals surface area contributed by atoms with Crippen LogP contribution in [0.5, 0.6) is 0 Å². The first-order valence-electron chi connectivity index (χ1n) is 9.20. The Hall–Kier alpha value is -0.120. The van der Waals surface area contributed by atoms with E-state index in [2.05, 4.69) is 26.1 Å². The quantitative estimate of drug-likeness (QED) is 0.776. The highest BCUT2D eigenvalue weighted by molar-refractivity contribution is 4.99. The number of rotatable bonds is 7. The zero-order valence-corrected chi connectivity index (χ0v) is 14.3. The second-order valence-corrected chi connectivity index (χ2v) is 6.83. The maximum absolute atomic E-state index is 6.35. The van der Waals surface area contributed by atoms with E-state index in [0.717, 1.165) is 51.0 Å². The molecule has 1 saturated heterocycles. The molecule has 0 bridgehead atoms. The largest absolute Gasteiger partial charge is 0.381 e. The summed E-state index contributed by atoms with van der Waals surface area (Å²) < 4.78 is 12.0. The normalized spacial score (nSPS) is 31.0. The molecule has 1 unspecified atom stereocenters. The Morgan fingerprint density at radius 1 is 1.10 bits per heavy atom. The molecule has 1 atom stereocenters. The molecule has 3 heteroatoms. The van der Waals surface area contributed by atoms with E-state index in [4.69, 9.17) is 9.47 Å². The van der Waals surface area contributed by atoms with Crippen molar-refractivity contribution < 1.29 is 9.47 Å². The van der Waals surface area contributed by atoms with Crippen molar-refractivity contribution in [3.63, 3.8) is 0 Å². The van der Waals surface area contributed by atoms with E-state index in [0.29, 0.717) is 6.04 Å². The first kappa shape index (κ1) is 17.2. The van der Waals surface area contributed by atoms with Crippen LogP contribution >= 0.6 is 0 Å². The summed E-state index contributed by atoms with van der Waals surface area (Å²) in [7, 11) is 0. The predicted molar refractivity (Wildman–Crippen MR) is 87.6 cm³/mol. The minimum absolute atomic E-state index is 0.00667. The molecule has 2 fully saturated rings. The molecule has 21 heavy (non-hydrogen) atoms. The fraction of sp³-hybridized carbons (Fsp3) is 1.00. The van der Waals surface area contributed by atoms with Crippen molar-refractivity contribution in [1.82, 2.24) is 5.32 Å². The molecule has 0 amide bonds. The molecule has 0 spiro atoms. The van der Waals surface area contributed by atoms with Crippen LogP contribution in [0.3, 0.4) is 0 Å². The molecule has 1 saturated carbocycles. The lowest BCUT2D eigenvalue weighted by Gasteiger charge is -2.48. The third kappa shape index (κ3) is 4.20. The Labute approximate surface area is 131 Å². The van der Waals surface area contributed by atoms with Gasteiger partial charge in [-0.05, 0) is 38.1 Å². The molecule has 3 nitrogen and oxygen atoms in total. The lowest BCUT2D eigenvalue weighted by molar-refractivity contribution is -0.138. The topological polar surface area (TPSA) is 30.5 Å². The smallest absolute Gasteiger partial charge is 0.0881 e. The highest BCUT2D eigenvalue weighted by atomic mass is 16.5. The van der Waals surface area contributed by atoms with Crippen molar-refractivity contribution in [3.8, 4) is 0 Å². The fourth-order valence-electron chi connectivity index (χ4n) is 4.48. The van der Waals surface area contributed by atoms with Gasteiger partial charge in [-0.25, -0.2) is 0 Å². The van der Waals surface area contributed by atoms with E-state index >= 15 is 0 Å². The van der Waals surface area contributed by atoms with Gasteiger partial charge in [0.15, 0.2) is 0 Å². The van der Waals surface area contributed by atoms with Crippen molar-refractivity contribution >= 4 is 0 Å². The molecule has 1 heterocycles. The van der Waals surface area contributed by atoms with Crippen molar-refractivity contribution in [1.29, 1.82) is 0 Å². The Kier molecular flexibility index (Phi) is 6.97. The minimum atomic E-state index is 0.00667. The third-order valence-corrected chi connectivity index (χ3v) is 5.70. The molecule has 1 aliphatic carbocycles. The van der Waals surface area contributed by atoms with Gasteiger partial charge in [-0.3, -0.25) is 0 Å². The molecule has 2 aliphatic rings. The van der Waals surface area contributed by atoms with E-state index in [1.54, 1.807) is 0 Å². The SMILES string of the molecule is CCNC(C1CCC(CC)CC1)C1(OCC)CCOCC1. The second kappa shape index (κ2) is 8.50. The third-order valence-electron chi connectivity index (χ3n) is 5.70. The van der Waals surface area contributed by atoms with Crippen LogP contribution in [0.1, 0.15) is 65.7 Å². The van der Waals surface area contributed by atoms with Crippen molar-refractivity contribution in [2.45, 2.75) is 77.4 Å². The number of hydrogen-bond acceptors (Lipinski definition) is 3. The van der Waals surface area contributed by atoms with E-state index in [-0.39, 0.29) is 5.60 Å². The molecule has 0 radical (unpaired) electrons. The highest BCUT2D eigenvalue weighted by Gasteiger charge is 2.45. The average molecular weight is 297 g/mol. The summed E-state index contributed by atoms with van der Waals surface area (Å²) in [6.45, 7) is 10.3. The number of ether oxygens (including phenoxy) is 2. The summed E-state index contributed by atoms with van der Waals surface area (Å²) in [5.41, 5.74) is 0.00667. The molecule has 1 aliphatic heterocycles. The molecule has 0 aromatic heterocycles. The average Bonchev–Trinajstić information content (AvgIpc) is 2.54. The summed E-state index contributed by atoms with van der Waals surface area (Å²) in [5.74, 6) is 1.73. The summed E-state index contributed by atoms with van der Waals surface area (Å²) in [4.78, 5) is 0. The van der Waals surface area contributed by atoms with Gasteiger partial charge in [-0.15, -0.1) is 0 Å². The van der Waals surface area contributed by atoms with E-state index in [1.807, 2.05) is 0 Å². The second-order valence-electron chi connectivity index (χ2n) is 6.83. The number of nitrogens with one attached hydrogen (secondary N) is 1. The first-order valence-corrected chi connectivity index (χ1v) is 9.20. The minimum Gasteiger partial charge on any atom is -0.381 e. The molecular weight excluding hydrogens is 262 g/mol. The van der Waals surface area contributed by atoms with Gasteiger partial charge in [0.1, 0.15) is 0 Å². The maximum Gasteiger partial charge on any atom is 0.0881 e. The standard InChI is InChI=1S/C18H35NO2/c1-4-15-7-9-16(10-8-15)17(19-5-2)18(21-6-3)11-13-20-14-12-18/h15-17,19H,4-14H2,1-3H3. The molecular formula is C18H35NO2. The van der Waals surface area contributed by atoms with E-state index < -0.39 is 0 Å². The van der Waals surface area contributed by atoms with Gasteiger partial charge >= 0.3 is 0 Å². The van der Waals surface area contributed by atoms with Crippen molar-refractivity contribution in [2.75, 3.05) is 26.4 Å². The Bertz CT molecular complexity index is 275. The van der Waals surface area contributed by atoms with Crippen molar-refractivity contribution in [2.24, 2.45) is 11.8 Å². The maximum atomic E-state index is 6.35. The summed E-state index contributed by atoms with van der Waals surface area (Å²) in [6.07, 6.45) is 8.99. The molecule has 2 rings (SSSR count). The fourth-order valence-corrected chi connectivity index (χ4v) is 4.48. The van der Waals surface area contributed by atoms with Crippen LogP contribution in [0.2, 0.25) is 0 Å². The van der Waals surface area contributed by atoms with Crippen molar-refractivity contribution in [3.05, 3.63) is 0 Å². The predicted octanol–water partition coefficient (Wildman–Crippen LogP) is 3.77. The van der Waals surface area contributed by atoms with E-state index in [9.17, 15) is 0 Å².